The van der Waals surface area contributed by atoms with E-state index in [0.29, 0.717) is 101 Å². The molecule has 3 heterocycles. The Morgan fingerprint density at radius 1 is 0.533 bits per heavy atom. The highest BCUT2D eigenvalue weighted by Crippen LogP contribution is 2.52. The minimum Gasteiger partial charge on any atom is -0.495 e. The molecule has 468 valence electrons. The lowest BCUT2D eigenvalue weighted by molar-refractivity contribution is -0.384. The molecule has 0 saturated carbocycles. The van der Waals surface area contributed by atoms with Gasteiger partial charge in [-0.3, -0.25) is 30.2 Å². The van der Waals surface area contributed by atoms with Gasteiger partial charge < -0.3 is 39.5 Å². The van der Waals surface area contributed by atoms with Gasteiger partial charge in [-0.05, 0) is 99.8 Å². The monoisotopic (exact) mass is 1340 g/mol. The largest absolute Gasteiger partial charge is 0.495 e. The summed E-state index contributed by atoms with van der Waals surface area (Å²) in [6, 6.07) is 27.1. The van der Waals surface area contributed by atoms with Crippen molar-refractivity contribution in [2.24, 2.45) is 0 Å². The number of amides is 1. The topological polar surface area (TPSA) is 240 Å². The van der Waals surface area contributed by atoms with Crippen LogP contribution in [0, 0.1) is 10.1 Å². The van der Waals surface area contributed by atoms with E-state index in [1.807, 2.05) is 48.5 Å². The first kappa shape index (κ1) is 64.9. The van der Waals surface area contributed by atoms with Crippen molar-refractivity contribution in [3.63, 3.8) is 0 Å². The molecule has 18 nitrogen and oxygen atoms in total. The van der Waals surface area contributed by atoms with Crippen LogP contribution in [-0.4, -0.2) is 84.1 Å². The van der Waals surface area contributed by atoms with E-state index in [1.54, 1.807) is 79.1 Å². The maximum Gasteiger partial charge on any atom is 0.278 e. The van der Waals surface area contributed by atoms with Crippen molar-refractivity contribution >= 4 is 92.6 Å². The number of aromatic amines is 3. The normalized spacial score (nSPS) is 15.5. The average Bonchev–Trinajstić information content (AvgIpc) is 1.45. The number of ether oxygens (including phenoxy) is 6. The zero-order valence-electron chi connectivity index (χ0n) is 49.8. The lowest BCUT2D eigenvalue weighted by atomic mass is 9.81. The van der Waals surface area contributed by atoms with Crippen molar-refractivity contribution in [2.45, 2.75) is 75.5 Å². The molecule has 3 atom stereocenters. The second-order valence-corrected chi connectivity index (χ2v) is 23.7. The quantitative estimate of drug-likeness (QED) is 0.0278. The number of hydrogen-bond donors (Lipinski definition) is 5. The van der Waals surface area contributed by atoms with E-state index in [1.165, 1.54) is 17.7 Å². The van der Waals surface area contributed by atoms with Crippen LogP contribution in [0.25, 0.3) is 33.8 Å². The summed E-state index contributed by atoms with van der Waals surface area (Å²) in [6.07, 6.45) is 8.12. The molecule has 3 aliphatic carbocycles. The molecule has 0 aliphatic heterocycles. The number of hydrogen-bond acceptors (Lipinski definition) is 13. The number of fused-ring (bicyclic) bond motifs is 3. The van der Waals surface area contributed by atoms with E-state index < -0.39 is 0 Å². The summed E-state index contributed by atoms with van der Waals surface area (Å²) in [6.45, 7) is 3.52. The van der Waals surface area contributed by atoms with Gasteiger partial charge in [-0.25, -0.2) is 0 Å². The molecular weight excluding hydrogens is 1280 g/mol. The fourth-order valence-electron chi connectivity index (χ4n) is 12.2. The molecule has 6 aromatic carbocycles. The van der Waals surface area contributed by atoms with Crippen molar-refractivity contribution in [1.82, 2.24) is 30.6 Å². The number of nitrogens with one attached hydrogen (secondary N) is 4. The molecule has 6 N–H and O–H groups in total. The fourth-order valence-corrected chi connectivity index (χ4v) is 14.7. The number of nitrogens with two attached hydrogens (primary N) is 1. The third kappa shape index (κ3) is 12.8. The van der Waals surface area contributed by atoms with Crippen molar-refractivity contribution < 1.29 is 38.1 Å². The summed E-state index contributed by atoms with van der Waals surface area (Å²) in [7, 11) is 9.41. The molecular formula is C66H63Cl6N9O9. The Morgan fingerprint density at radius 2 is 0.856 bits per heavy atom. The Labute approximate surface area is 549 Å². The molecule has 0 fully saturated rings. The molecule has 0 radical (unpaired) electrons. The molecule has 0 saturated heterocycles. The molecule has 3 aromatic heterocycles. The number of halogens is 6. The number of nitro groups is 1. The number of methoxy groups -OCH3 is 6. The van der Waals surface area contributed by atoms with E-state index in [9.17, 15) is 14.9 Å². The van der Waals surface area contributed by atoms with Gasteiger partial charge in [0.1, 0.15) is 40.2 Å². The molecule has 90 heavy (non-hydrogen) atoms. The molecule has 0 bridgehead atoms. The third-order valence-electron chi connectivity index (χ3n) is 16.7. The van der Waals surface area contributed by atoms with Gasteiger partial charge in [0.2, 0.25) is 5.91 Å². The third-order valence-corrected chi connectivity index (χ3v) is 19.0. The fraction of sp³-hybridized carbons (Fsp3) is 0.273. The average molecular weight is 1340 g/mol. The van der Waals surface area contributed by atoms with Crippen LogP contribution in [0.4, 0.5) is 17.1 Å². The summed E-state index contributed by atoms with van der Waals surface area (Å²) < 4.78 is 32.5. The van der Waals surface area contributed by atoms with Crippen LogP contribution in [0.1, 0.15) is 87.5 Å². The first-order valence-corrected chi connectivity index (χ1v) is 30.8. The minimum absolute atomic E-state index is 0.0283. The van der Waals surface area contributed by atoms with Gasteiger partial charge >= 0.3 is 0 Å². The van der Waals surface area contributed by atoms with Crippen molar-refractivity contribution in [3.8, 4) is 68.3 Å². The van der Waals surface area contributed by atoms with Crippen LogP contribution in [0.15, 0.2) is 104 Å². The summed E-state index contributed by atoms with van der Waals surface area (Å²) >= 11 is 39.7. The summed E-state index contributed by atoms with van der Waals surface area (Å²) in [5.41, 5.74) is 21.1. The number of nitrogens with zero attached hydrogens (tertiary/aromatic N) is 4. The van der Waals surface area contributed by atoms with Crippen LogP contribution in [0.5, 0.6) is 34.5 Å². The number of para-hydroxylation sites is 3. The summed E-state index contributed by atoms with van der Waals surface area (Å²) in [5, 5.41) is 40.3. The Morgan fingerprint density at radius 3 is 1.21 bits per heavy atom. The van der Waals surface area contributed by atoms with Gasteiger partial charge in [0.15, 0.2) is 0 Å². The Bertz CT molecular complexity index is 4100. The predicted octanol–water partition coefficient (Wildman–Crippen LogP) is 16.6. The summed E-state index contributed by atoms with van der Waals surface area (Å²) in [5.74, 6) is 3.17. The van der Waals surface area contributed by atoms with Crippen LogP contribution in [0.3, 0.4) is 0 Å². The highest BCUT2D eigenvalue weighted by Gasteiger charge is 2.35. The first-order chi connectivity index (χ1) is 43.5. The minimum atomic E-state index is -0.385. The van der Waals surface area contributed by atoms with E-state index in [-0.39, 0.29) is 34.3 Å². The number of benzene rings is 6. The number of nitro benzene ring substituents is 1. The zero-order valence-corrected chi connectivity index (χ0v) is 54.4. The number of H-pyrrole nitrogens is 3. The number of carbonyl (C=O) groups excluding carboxylic acids is 1. The molecule has 24 heteroatoms. The van der Waals surface area contributed by atoms with Gasteiger partial charge in [0.25, 0.3) is 5.69 Å². The molecule has 0 spiro atoms. The Kier molecular flexibility index (Phi) is 20.5. The second-order valence-electron chi connectivity index (χ2n) is 21.5. The van der Waals surface area contributed by atoms with Crippen molar-refractivity contribution in [2.75, 3.05) is 53.7 Å². The maximum absolute atomic E-state index is 11.9. The summed E-state index contributed by atoms with van der Waals surface area (Å²) in [4.78, 5) is 22.9. The van der Waals surface area contributed by atoms with Crippen LogP contribution in [-0.2, 0) is 43.3 Å². The van der Waals surface area contributed by atoms with E-state index in [0.717, 1.165) is 112 Å². The molecule has 0 unspecified atom stereocenters. The number of aromatic nitrogens is 6. The standard InChI is InChI=1S/C24H23Cl2N3O3.C21H19Cl2N3O4.C21H21Cl2N3O2/c1-4-20(30)27-16-8-6-5-7-14(16)24-15-10-9-13(11-17(15)28-29-24)21-22(25)18(31-2)12-19(32-3)23(21)26;1-29-16-10-17(30-2)20(23)18(19(16)22)11-7-8-12-14(9-11)24-25-21(12)13-5-3-4-6-15(13)26(27)28;1-27-16-10-17(28-2)20(23)18(19(16)22)11-7-8-13-15(9-11)25-26-21(13)12-5-3-4-6-14(12)24/h4-8,12-13H,1,9-11H2,2-3H3,(H,27,30)(H,28,29);3-6,10-11H,7-9H2,1-2H3,(H,24,25);3-6,10-11H,7-9,24H2,1-2H3,(H,25,26)/t13-;2*11-/m111/s1. The maximum atomic E-state index is 11.9. The van der Waals surface area contributed by atoms with Crippen LogP contribution < -0.4 is 39.5 Å². The van der Waals surface area contributed by atoms with Crippen molar-refractivity contribution in [3.05, 3.63) is 194 Å². The lowest BCUT2D eigenvalue weighted by Gasteiger charge is -2.26. The predicted molar refractivity (Wildman–Crippen MR) is 355 cm³/mol. The van der Waals surface area contributed by atoms with Gasteiger partial charge in [0.05, 0.1) is 100 Å². The van der Waals surface area contributed by atoms with Crippen molar-refractivity contribution in [1.29, 1.82) is 0 Å². The Hall–Kier alpha value is -8.10. The molecule has 3 aliphatic rings. The zero-order chi connectivity index (χ0) is 64.1. The SMILES string of the molecule is C=CC(=O)Nc1ccccc1-c1n[nH]c2c1CC[C@@H](c1c(Cl)c(OC)cc(OC)c1Cl)C2.COc1cc(OC)c(Cl)c([C@@H]2CCc3c(-c4ccccc4N)n[nH]c3C2)c1Cl.COc1cc(OC)c(Cl)c([C@@H]2CCc3c(-c4ccccc4[N+](=O)[O-])n[nH]c3C2)c1Cl. The number of carbonyl (C=O) groups is 1. The number of nitrogen functional groups attached to an aromatic ring is 1. The smallest absolute Gasteiger partial charge is 0.278 e. The van der Waals surface area contributed by atoms with Gasteiger partial charge in [-0.1, -0.05) is 125 Å². The van der Waals surface area contributed by atoms with Crippen LogP contribution >= 0.6 is 69.6 Å². The van der Waals surface area contributed by atoms with Gasteiger partial charge in [-0.15, -0.1) is 0 Å². The van der Waals surface area contributed by atoms with E-state index in [2.05, 4.69) is 42.5 Å². The number of anilines is 2. The Balaban J connectivity index is 0.000000149. The highest BCUT2D eigenvalue weighted by molar-refractivity contribution is 6.39. The van der Waals surface area contributed by atoms with E-state index >= 15 is 0 Å². The lowest BCUT2D eigenvalue weighted by Crippen LogP contribution is -2.14. The van der Waals surface area contributed by atoms with Gasteiger partial charge in [-0.2, -0.15) is 15.3 Å². The molecule has 12 rings (SSSR count). The van der Waals surface area contributed by atoms with Gasteiger partial charge in [0, 0.05) is 91.5 Å². The second kappa shape index (κ2) is 28.4. The first-order valence-electron chi connectivity index (χ1n) is 28.6. The van der Waals surface area contributed by atoms with E-state index in [4.69, 9.17) is 104 Å². The molecule has 9 aromatic rings. The van der Waals surface area contributed by atoms with Crippen LogP contribution in [0.2, 0.25) is 30.1 Å². The number of rotatable bonds is 15. The highest BCUT2D eigenvalue weighted by atomic mass is 35.5. The molecule has 1 amide bonds.